The highest BCUT2D eigenvalue weighted by Crippen LogP contribution is 2.15. The third-order valence-corrected chi connectivity index (χ3v) is 2.28. The van der Waals surface area contributed by atoms with Gasteiger partial charge in [0, 0.05) is 17.8 Å². The van der Waals surface area contributed by atoms with E-state index in [1.54, 1.807) is 0 Å². The molecule has 6 nitrogen and oxygen atoms in total. The Morgan fingerprint density at radius 2 is 2.06 bits per heavy atom. The minimum atomic E-state index is -0.546. The van der Waals surface area contributed by atoms with Crippen LogP contribution >= 0.6 is 0 Å². The standard InChI is InChI=1S/C11H15N3O3/c1-2-3-10(12)11(15)13-8-4-6-9(7-5-8)14(16)17/h4-7,10H,2-3,12H2,1H3,(H,13,15)/t10-/m0/s1. The molecule has 0 bridgehead atoms. The van der Waals surface area contributed by atoms with Gasteiger partial charge >= 0.3 is 0 Å². The number of non-ortho nitro benzene ring substituents is 1. The van der Waals surface area contributed by atoms with Crippen LogP contribution < -0.4 is 11.1 Å². The fourth-order valence-corrected chi connectivity index (χ4v) is 1.34. The van der Waals surface area contributed by atoms with Gasteiger partial charge in [0.2, 0.25) is 5.91 Å². The van der Waals surface area contributed by atoms with E-state index in [-0.39, 0.29) is 11.6 Å². The van der Waals surface area contributed by atoms with Crippen molar-refractivity contribution in [1.82, 2.24) is 0 Å². The number of nitrogens with zero attached hydrogens (tertiary/aromatic N) is 1. The summed E-state index contributed by atoms with van der Waals surface area (Å²) in [5, 5.41) is 13.0. The van der Waals surface area contributed by atoms with E-state index in [2.05, 4.69) is 5.32 Å². The molecule has 92 valence electrons. The summed E-state index contributed by atoms with van der Waals surface area (Å²) in [4.78, 5) is 21.5. The molecule has 1 atom stereocenters. The summed E-state index contributed by atoms with van der Waals surface area (Å²) in [7, 11) is 0. The van der Waals surface area contributed by atoms with Crippen molar-refractivity contribution in [2.75, 3.05) is 5.32 Å². The predicted octanol–water partition coefficient (Wildman–Crippen LogP) is 1.66. The van der Waals surface area contributed by atoms with E-state index in [0.29, 0.717) is 12.1 Å². The molecule has 1 amide bonds. The van der Waals surface area contributed by atoms with Crippen molar-refractivity contribution in [2.45, 2.75) is 25.8 Å². The number of benzene rings is 1. The van der Waals surface area contributed by atoms with Crippen molar-refractivity contribution >= 4 is 17.3 Å². The van der Waals surface area contributed by atoms with E-state index in [0.717, 1.165) is 6.42 Å². The Labute approximate surface area is 99.0 Å². The van der Waals surface area contributed by atoms with Crippen molar-refractivity contribution < 1.29 is 9.72 Å². The minimum absolute atomic E-state index is 0.0131. The molecule has 0 saturated carbocycles. The summed E-state index contributed by atoms with van der Waals surface area (Å²) in [6.45, 7) is 1.94. The zero-order chi connectivity index (χ0) is 12.8. The summed E-state index contributed by atoms with van der Waals surface area (Å²) in [5.41, 5.74) is 6.13. The van der Waals surface area contributed by atoms with E-state index >= 15 is 0 Å². The third-order valence-electron chi connectivity index (χ3n) is 2.28. The molecule has 6 heteroatoms. The van der Waals surface area contributed by atoms with E-state index < -0.39 is 11.0 Å². The van der Waals surface area contributed by atoms with Crippen LogP contribution in [0.3, 0.4) is 0 Å². The van der Waals surface area contributed by atoms with Gasteiger partial charge in [-0.15, -0.1) is 0 Å². The Kier molecular flexibility index (Phi) is 4.59. The first-order valence-corrected chi connectivity index (χ1v) is 5.35. The van der Waals surface area contributed by atoms with Crippen LogP contribution in [0.4, 0.5) is 11.4 Å². The number of hydrogen-bond donors (Lipinski definition) is 2. The van der Waals surface area contributed by atoms with Crippen LogP contribution in [0.2, 0.25) is 0 Å². The SMILES string of the molecule is CCC[C@H](N)C(=O)Nc1ccc([N+](=O)[O-])cc1. The van der Waals surface area contributed by atoms with Gasteiger partial charge in [0.15, 0.2) is 0 Å². The summed E-state index contributed by atoms with van der Waals surface area (Å²) >= 11 is 0. The average Bonchev–Trinajstić information content (AvgIpc) is 2.30. The molecule has 0 heterocycles. The lowest BCUT2D eigenvalue weighted by atomic mass is 10.1. The molecule has 0 aliphatic rings. The second-order valence-corrected chi connectivity index (χ2v) is 3.69. The van der Waals surface area contributed by atoms with Crippen molar-refractivity contribution in [3.63, 3.8) is 0 Å². The Balaban J connectivity index is 2.63. The monoisotopic (exact) mass is 237 g/mol. The molecule has 0 aromatic heterocycles. The van der Waals surface area contributed by atoms with Gasteiger partial charge in [0.05, 0.1) is 11.0 Å². The van der Waals surface area contributed by atoms with E-state index in [1.165, 1.54) is 24.3 Å². The number of nitro groups is 1. The smallest absolute Gasteiger partial charge is 0.269 e. The Bertz CT molecular complexity index is 403. The number of rotatable bonds is 5. The summed E-state index contributed by atoms with van der Waals surface area (Å²) in [5.74, 6) is -0.277. The number of carbonyl (C=O) groups excluding carboxylic acids is 1. The fraction of sp³-hybridized carbons (Fsp3) is 0.364. The lowest BCUT2D eigenvalue weighted by molar-refractivity contribution is -0.384. The highest BCUT2D eigenvalue weighted by molar-refractivity contribution is 5.94. The summed E-state index contributed by atoms with van der Waals surface area (Å²) in [6.07, 6.45) is 1.44. The average molecular weight is 237 g/mol. The predicted molar refractivity (Wildman–Crippen MR) is 64.6 cm³/mol. The van der Waals surface area contributed by atoms with Crippen molar-refractivity contribution in [2.24, 2.45) is 5.73 Å². The Morgan fingerprint density at radius 3 is 2.53 bits per heavy atom. The topological polar surface area (TPSA) is 98.3 Å². The largest absolute Gasteiger partial charge is 0.325 e. The van der Waals surface area contributed by atoms with Crippen LogP contribution in [0.15, 0.2) is 24.3 Å². The zero-order valence-corrected chi connectivity index (χ0v) is 9.55. The molecule has 3 N–H and O–H groups in total. The molecule has 1 aromatic carbocycles. The molecule has 0 aliphatic carbocycles. The normalized spacial score (nSPS) is 11.9. The Morgan fingerprint density at radius 1 is 1.47 bits per heavy atom. The van der Waals surface area contributed by atoms with Crippen LogP contribution in [-0.2, 0) is 4.79 Å². The van der Waals surface area contributed by atoms with Crippen LogP contribution in [-0.4, -0.2) is 16.9 Å². The summed E-state index contributed by atoms with van der Waals surface area (Å²) < 4.78 is 0. The molecule has 1 aromatic rings. The second-order valence-electron chi connectivity index (χ2n) is 3.69. The molecular formula is C11H15N3O3. The Hall–Kier alpha value is -1.95. The van der Waals surface area contributed by atoms with Crippen LogP contribution in [0.1, 0.15) is 19.8 Å². The van der Waals surface area contributed by atoms with E-state index in [4.69, 9.17) is 5.73 Å². The van der Waals surface area contributed by atoms with Crippen LogP contribution in [0.5, 0.6) is 0 Å². The summed E-state index contributed by atoms with van der Waals surface area (Å²) in [6, 6.07) is 5.08. The van der Waals surface area contributed by atoms with Gasteiger partial charge in [-0.2, -0.15) is 0 Å². The van der Waals surface area contributed by atoms with Crippen molar-refractivity contribution in [3.8, 4) is 0 Å². The zero-order valence-electron chi connectivity index (χ0n) is 9.55. The molecule has 1 rings (SSSR count). The number of nitro benzene ring substituents is 1. The highest BCUT2D eigenvalue weighted by Gasteiger charge is 2.12. The highest BCUT2D eigenvalue weighted by atomic mass is 16.6. The maximum absolute atomic E-state index is 11.6. The number of hydrogen-bond acceptors (Lipinski definition) is 4. The first-order chi connectivity index (χ1) is 8.04. The van der Waals surface area contributed by atoms with E-state index in [9.17, 15) is 14.9 Å². The van der Waals surface area contributed by atoms with Gasteiger partial charge in [-0.1, -0.05) is 13.3 Å². The van der Waals surface area contributed by atoms with E-state index in [1.807, 2.05) is 6.92 Å². The van der Waals surface area contributed by atoms with Gasteiger partial charge in [-0.3, -0.25) is 14.9 Å². The maximum Gasteiger partial charge on any atom is 0.269 e. The minimum Gasteiger partial charge on any atom is -0.325 e. The molecule has 0 saturated heterocycles. The van der Waals surface area contributed by atoms with Crippen LogP contribution in [0, 0.1) is 10.1 Å². The molecule has 0 fully saturated rings. The molecule has 0 unspecified atom stereocenters. The molecule has 0 spiro atoms. The first kappa shape index (κ1) is 13.1. The molecular weight excluding hydrogens is 222 g/mol. The number of nitrogens with one attached hydrogen (secondary N) is 1. The first-order valence-electron chi connectivity index (χ1n) is 5.35. The molecule has 0 aliphatic heterocycles. The van der Waals surface area contributed by atoms with Gasteiger partial charge in [-0.05, 0) is 18.6 Å². The third kappa shape index (κ3) is 3.84. The number of carbonyl (C=O) groups is 1. The number of anilines is 1. The van der Waals surface area contributed by atoms with Gasteiger partial charge in [0.1, 0.15) is 0 Å². The van der Waals surface area contributed by atoms with Gasteiger partial charge in [0.25, 0.3) is 5.69 Å². The van der Waals surface area contributed by atoms with Crippen molar-refractivity contribution in [3.05, 3.63) is 34.4 Å². The quantitative estimate of drug-likeness (QED) is 0.601. The second kappa shape index (κ2) is 5.95. The van der Waals surface area contributed by atoms with Gasteiger partial charge in [-0.25, -0.2) is 0 Å². The van der Waals surface area contributed by atoms with Crippen LogP contribution in [0.25, 0.3) is 0 Å². The lowest BCUT2D eigenvalue weighted by Gasteiger charge is -2.10. The lowest BCUT2D eigenvalue weighted by Crippen LogP contribution is -2.35. The number of nitrogens with two attached hydrogens (primary N) is 1. The fourth-order valence-electron chi connectivity index (χ4n) is 1.34. The van der Waals surface area contributed by atoms with Crippen molar-refractivity contribution in [1.29, 1.82) is 0 Å². The molecule has 17 heavy (non-hydrogen) atoms. The molecule has 0 radical (unpaired) electrons. The van der Waals surface area contributed by atoms with Gasteiger partial charge < -0.3 is 11.1 Å². The number of amides is 1. The maximum atomic E-state index is 11.6.